The van der Waals surface area contributed by atoms with Gasteiger partial charge in [0.15, 0.2) is 0 Å². The molecule has 0 saturated heterocycles. The van der Waals surface area contributed by atoms with Gasteiger partial charge in [-0.15, -0.1) is 5.10 Å². The van der Waals surface area contributed by atoms with Crippen LogP contribution in [0.4, 0.5) is 0 Å². The van der Waals surface area contributed by atoms with E-state index in [9.17, 15) is 9.59 Å². The Kier molecular flexibility index (Phi) is 2.72. The largest absolute Gasteiger partial charge is 0.475 e. The van der Waals surface area contributed by atoms with E-state index < -0.39 is 17.4 Å². The molecule has 4 rings (SSSR count). The van der Waals surface area contributed by atoms with E-state index in [1.807, 2.05) is 0 Å². The number of nitrogens with one attached hydrogen (secondary N) is 1. The summed E-state index contributed by atoms with van der Waals surface area (Å²) in [4.78, 5) is 29.4. The monoisotopic (exact) mass is 330 g/mol. The lowest BCUT2D eigenvalue weighted by molar-refractivity contribution is 0.0684. The Hall–Kier alpha value is -3.20. The fraction of sp³-hybridized carbons (Fsp3) is 0. The van der Waals surface area contributed by atoms with Crippen molar-refractivity contribution in [3.8, 4) is 5.69 Å². The Morgan fingerprint density at radius 1 is 1.35 bits per heavy atom. The first-order chi connectivity index (χ1) is 11.0. The number of aromatic amines is 1. The molecule has 0 amide bonds. The minimum absolute atomic E-state index is 0.108. The number of aromatic nitrogens is 6. The molecule has 3 heterocycles. The van der Waals surface area contributed by atoms with Crippen molar-refractivity contribution in [1.29, 1.82) is 0 Å². The van der Waals surface area contributed by atoms with Crippen LogP contribution >= 0.6 is 11.6 Å². The summed E-state index contributed by atoms with van der Waals surface area (Å²) in [6.07, 6.45) is 3.31. The molecule has 10 heteroatoms. The van der Waals surface area contributed by atoms with Crippen LogP contribution in [-0.2, 0) is 0 Å². The van der Waals surface area contributed by atoms with Crippen LogP contribution in [0.2, 0.25) is 5.02 Å². The Bertz CT molecular complexity index is 1130. The number of fused-ring (bicyclic) bond motifs is 3. The molecule has 0 aliphatic heterocycles. The number of benzene rings is 1. The lowest BCUT2D eigenvalue weighted by Crippen LogP contribution is -2.12. The van der Waals surface area contributed by atoms with Crippen LogP contribution in [0.3, 0.4) is 0 Å². The van der Waals surface area contributed by atoms with Crippen molar-refractivity contribution >= 4 is 34.3 Å². The molecule has 114 valence electrons. The number of carbonyl (C=O) groups is 1. The van der Waals surface area contributed by atoms with Gasteiger partial charge in [0, 0.05) is 12.4 Å². The van der Waals surface area contributed by atoms with Gasteiger partial charge in [0.25, 0.3) is 11.4 Å². The summed E-state index contributed by atoms with van der Waals surface area (Å²) in [6, 6.07) is 4.94. The third-order valence-electron chi connectivity index (χ3n) is 3.29. The first-order valence-corrected chi connectivity index (χ1v) is 6.78. The van der Waals surface area contributed by atoms with Gasteiger partial charge in [-0.3, -0.25) is 4.79 Å². The molecule has 0 fully saturated rings. The SMILES string of the molecule is O=C(O)c1nc2c(=O)[nH]c3cc(Cl)c(-n4cccn4)cc3n2n1. The maximum atomic E-state index is 12.0. The predicted octanol–water partition coefficient (Wildman–Crippen LogP) is 1.11. The molecular formula is C13H7ClN6O3. The normalized spacial score (nSPS) is 11.3. The molecule has 0 saturated carbocycles. The number of hydrogen-bond donors (Lipinski definition) is 2. The van der Waals surface area contributed by atoms with Crippen molar-refractivity contribution in [3.05, 3.63) is 51.8 Å². The Labute approximate surface area is 131 Å². The van der Waals surface area contributed by atoms with Crippen molar-refractivity contribution in [2.24, 2.45) is 0 Å². The van der Waals surface area contributed by atoms with Crippen LogP contribution in [0.5, 0.6) is 0 Å². The van der Waals surface area contributed by atoms with E-state index in [1.165, 1.54) is 4.52 Å². The van der Waals surface area contributed by atoms with E-state index in [4.69, 9.17) is 16.7 Å². The zero-order chi connectivity index (χ0) is 16.1. The Morgan fingerprint density at radius 2 is 2.17 bits per heavy atom. The lowest BCUT2D eigenvalue weighted by atomic mass is 10.2. The molecule has 23 heavy (non-hydrogen) atoms. The molecule has 0 spiro atoms. The summed E-state index contributed by atoms with van der Waals surface area (Å²) in [5.41, 5.74) is 0.758. The third kappa shape index (κ3) is 1.98. The van der Waals surface area contributed by atoms with Crippen LogP contribution < -0.4 is 5.56 Å². The van der Waals surface area contributed by atoms with Gasteiger partial charge in [-0.05, 0) is 18.2 Å². The number of nitrogens with zero attached hydrogens (tertiary/aromatic N) is 5. The third-order valence-corrected chi connectivity index (χ3v) is 3.60. The summed E-state index contributed by atoms with van der Waals surface area (Å²) >= 11 is 6.23. The van der Waals surface area contributed by atoms with E-state index in [1.54, 1.807) is 35.3 Å². The summed E-state index contributed by atoms with van der Waals surface area (Å²) in [5, 5.41) is 17.4. The van der Waals surface area contributed by atoms with Crippen molar-refractivity contribution < 1.29 is 9.90 Å². The highest BCUT2D eigenvalue weighted by Crippen LogP contribution is 2.25. The number of carboxylic acids is 1. The number of halogens is 1. The number of H-pyrrole nitrogens is 1. The van der Waals surface area contributed by atoms with Crippen LogP contribution in [0.25, 0.3) is 22.4 Å². The molecule has 0 radical (unpaired) electrons. The van der Waals surface area contributed by atoms with Gasteiger partial charge < -0.3 is 10.1 Å². The van der Waals surface area contributed by atoms with E-state index in [0.717, 1.165) is 0 Å². The van der Waals surface area contributed by atoms with Gasteiger partial charge in [-0.25, -0.2) is 14.0 Å². The predicted molar refractivity (Wildman–Crippen MR) is 80.2 cm³/mol. The molecule has 4 aromatic rings. The quantitative estimate of drug-likeness (QED) is 0.568. The molecule has 0 unspecified atom stereocenters. The number of rotatable bonds is 2. The summed E-state index contributed by atoms with van der Waals surface area (Å²) in [5.74, 6) is -1.78. The highest BCUT2D eigenvalue weighted by Gasteiger charge is 2.17. The minimum Gasteiger partial charge on any atom is -0.475 e. The first-order valence-electron chi connectivity index (χ1n) is 6.40. The molecule has 0 atom stereocenters. The fourth-order valence-corrected chi connectivity index (χ4v) is 2.56. The topological polar surface area (TPSA) is 118 Å². The van der Waals surface area contributed by atoms with Crippen molar-refractivity contribution in [3.63, 3.8) is 0 Å². The van der Waals surface area contributed by atoms with E-state index >= 15 is 0 Å². The van der Waals surface area contributed by atoms with Gasteiger partial charge >= 0.3 is 5.97 Å². The Morgan fingerprint density at radius 3 is 2.87 bits per heavy atom. The zero-order valence-electron chi connectivity index (χ0n) is 11.3. The maximum absolute atomic E-state index is 12.0. The number of aromatic carboxylic acids is 1. The van der Waals surface area contributed by atoms with Crippen LogP contribution in [-0.4, -0.2) is 40.4 Å². The number of hydrogen-bond acceptors (Lipinski definition) is 5. The van der Waals surface area contributed by atoms with Gasteiger partial charge in [0.1, 0.15) is 0 Å². The molecule has 0 aliphatic rings. The molecule has 1 aromatic carbocycles. The van der Waals surface area contributed by atoms with Gasteiger partial charge in [-0.2, -0.15) is 10.1 Å². The molecule has 2 N–H and O–H groups in total. The Balaban J connectivity index is 2.13. The molecule has 0 bridgehead atoms. The zero-order valence-corrected chi connectivity index (χ0v) is 12.0. The molecule has 0 aliphatic carbocycles. The average molecular weight is 331 g/mol. The van der Waals surface area contributed by atoms with E-state index in [2.05, 4.69) is 20.2 Å². The van der Waals surface area contributed by atoms with Crippen molar-refractivity contribution in [1.82, 2.24) is 29.4 Å². The van der Waals surface area contributed by atoms with Gasteiger partial charge in [0.05, 0.1) is 21.7 Å². The van der Waals surface area contributed by atoms with Gasteiger partial charge in [0.2, 0.25) is 5.65 Å². The lowest BCUT2D eigenvalue weighted by Gasteiger charge is -2.07. The maximum Gasteiger partial charge on any atom is 0.375 e. The minimum atomic E-state index is -1.32. The average Bonchev–Trinajstić information content (AvgIpc) is 3.16. The number of carboxylic acid groups (broad SMARTS) is 1. The molecule has 9 nitrogen and oxygen atoms in total. The van der Waals surface area contributed by atoms with E-state index in [0.29, 0.717) is 21.7 Å². The van der Waals surface area contributed by atoms with Gasteiger partial charge in [-0.1, -0.05) is 11.6 Å². The fourth-order valence-electron chi connectivity index (χ4n) is 2.31. The highest BCUT2D eigenvalue weighted by molar-refractivity contribution is 6.33. The summed E-state index contributed by atoms with van der Waals surface area (Å²) in [7, 11) is 0. The van der Waals surface area contributed by atoms with Crippen molar-refractivity contribution in [2.45, 2.75) is 0 Å². The summed E-state index contributed by atoms with van der Waals surface area (Å²) in [6.45, 7) is 0. The summed E-state index contributed by atoms with van der Waals surface area (Å²) < 4.78 is 2.73. The second kappa shape index (κ2) is 4.65. The van der Waals surface area contributed by atoms with Crippen LogP contribution in [0.1, 0.15) is 10.6 Å². The second-order valence-corrected chi connectivity index (χ2v) is 5.11. The highest BCUT2D eigenvalue weighted by atomic mass is 35.5. The molecule has 3 aromatic heterocycles. The second-order valence-electron chi connectivity index (χ2n) is 4.70. The van der Waals surface area contributed by atoms with Crippen molar-refractivity contribution in [2.75, 3.05) is 0 Å². The molecular weight excluding hydrogens is 324 g/mol. The van der Waals surface area contributed by atoms with Crippen LogP contribution in [0, 0.1) is 0 Å². The first kappa shape index (κ1) is 13.5. The smallest absolute Gasteiger partial charge is 0.375 e. The standard InChI is InChI=1S/C13H7ClN6O3/c14-6-4-7-9(5-8(6)19-3-1-2-15-19)20-11(12(21)16-7)17-10(18-20)13(22)23/h1-5H,(H,16,21)(H,22,23). The van der Waals surface area contributed by atoms with E-state index in [-0.39, 0.29) is 5.65 Å². The van der Waals surface area contributed by atoms with Crippen LogP contribution in [0.15, 0.2) is 35.4 Å².